The molecule has 5 heteroatoms. The number of likely N-dealkylation sites (N-methyl/N-ethyl adjacent to an activating group) is 1. The zero-order chi connectivity index (χ0) is 16.8. The molecule has 1 aromatic rings. The molecule has 2 N–H and O–H groups in total. The van der Waals surface area contributed by atoms with E-state index in [0.29, 0.717) is 0 Å². The lowest BCUT2D eigenvalue weighted by atomic mass is 9.88. The average Bonchev–Trinajstić information content (AvgIpc) is 2.46. The number of nitrogens with one attached hydrogen (secondary N) is 2. The third kappa shape index (κ3) is 5.36. The number of fused-ring (bicyclic) bond motifs is 1. The van der Waals surface area contributed by atoms with Gasteiger partial charge in [0.25, 0.3) is 0 Å². The first-order valence-corrected chi connectivity index (χ1v) is 8.30. The minimum absolute atomic E-state index is 0.0356. The Morgan fingerprint density at radius 1 is 1.22 bits per heavy atom. The number of amides is 2. The monoisotopic (exact) mass is 317 g/mol. The molecule has 0 saturated carbocycles. The van der Waals surface area contributed by atoms with E-state index in [2.05, 4.69) is 22.8 Å². The normalized spacial score (nSPS) is 17.0. The molecule has 1 aliphatic rings. The Morgan fingerprint density at radius 3 is 2.65 bits per heavy atom. The molecular formula is C18H27N3O2. The fourth-order valence-corrected chi connectivity index (χ4v) is 3.06. The Morgan fingerprint density at radius 2 is 1.91 bits per heavy atom. The minimum atomic E-state index is -0.0571. The van der Waals surface area contributed by atoms with Crippen molar-refractivity contribution in [1.82, 2.24) is 15.5 Å². The number of rotatable bonds is 6. The van der Waals surface area contributed by atoms with Crippen LogP contribution in [0.5, 0.6) is 0 Å². The average molecular weight is 317 g/mol. The van der Waals surface area contributed by atoms with E-state index < -0.39 is 0 Å². The Labute approximate surface area is 138 Å². The Bertz CT molecular complexity index is 557. The smallest absolute Gasteiger partial charge is 0.234 e. The Hall–Kier alpha value is -1.88. The van der Waals surface area contributed by atoms with Gasteiger partial charge in [0.15, 0.2) is 0 Å². The predicted octanol–water partition coefficient (Wildman–Crippen LogP) is 1.64. The summed E-state index contributed by atoms with van der Waals surface area (Å²) in [6.45, 7) is 4.30. The van der Waals surface area contributed by atoms with E-state index >= 15 is 0 Å². The summed E-state index contributed by atoms with van der Waals surface area (Å²) < 4.78 is 0. The number of carbonyl (C=O) groups excluding carboxylic acids is 2. The van der Waals surface area contributed by atoms with Gasteiger partial charge in [0.2, 0.25) is 11.8 Å². The lowest BCUT2D eigenvalue weighted by Crippen LogP contribution is -2.43. The first-order chi connectivity index (χ1) is 11.0. The molecule has 2 amide bonds. The molecule has 0 aromatic heterocycles. The van der Waals surface area contributed by atoms with Gasteiger partial charge in [-0.15, -0.1) is 0 Å². The van der Waals surface area contributed by atoms with Crippen LogP contribution < -0.4 is 10.6 Å². The van der Waals surface area contributed by atoms with Crippen LogP contribution in [0.15, 0.2) is 24.3 Å². The zero-order valence-corrected chi connectivity index (χ0v) is 14.3. The van der Waals surface area contributed by atoms with E-state index in [1.165, 1.54) is 11.1 Å². The topological polar surface area (TPSA) is 61.4 Å². The second kappa shape index (κ2) is 8.11. The highest BCUT2D eigenvalue weighted by Crippen LogP contribution is 2.29. The van der Waals surface area contributed by atoms with Crippen LogP contribution in [0.1, 0.15) is 43.9 Å². The van der Waals surface area contributed by atoms with Crippen LogP contribution in [0.2, 0.25) is 0 Å². The summed E-state index contributed by atoms with van der Waals surface area (Å²) in [5.74, 6) is -0.0927. The van der Waals surface area contributed by atoms with Crippen molar-refractivity contribution in [3.63, 3.8) is 0 Å². The molecule has 2 rings (SSSR count). The number of hydrogen-bond donors (Lipinski definition) is 2. The van der Waals surface area contributed by atoms with Gasteiger partial charge in [0.05, 0.1) is 19.1 Å². The van der Waals surface area contributed by atoms with Crippen molar-refractivity contribution < 1.29 is 9.59 Å². The number of nitrogens with zero attached hydrogens (tertiary/aromatic N) is 1. The third-order valence-corrected chi connectivity index (χ3v) is 3.98. The molecule has 0 unspecified atom stereocenters. The van der Waals surface area contributed by atoms with Gasteiger partial charge >= 0.3 is 0 Å². The fourth-order valence-electron chi connectivity index (χ4n) is 3.06. The van der Waals surface area contributed by atoms with Gasteiger partial charge in [0.1, 0.15) is 0 Å². The lowest BCUT2D eigenvalue weighted by Gasteiger charge is -2.27. The van der Waals surface area contributed by atoms with Crippen molar-refractivity contribution in [2.45, 2.75) is 45.2 Å². The quantitative estimate of drug-likeness (QED) is 0.838. The Kier molecular flexibility index (Phi) is 6.16. The van der Waals surface area contributed by atoms with E-state index in [0.717, 1.165) is 19.3 Å². The summed E-state index contributed by atoms with van der Waals surface area (Å²) in [6.07, 6.45) is 3.15. The second-order valence-electron chi connectivity index (χ2n) is 6.61. The van der Waals surface area contributed by atoms with Gasteiger partial charge in [-0.05, 0) is 51.3 Å². The summed E-state index contributed by atoms with van der Waals surface area (Å²) in [4.78, 5) is 25.7. The summed E-state index contributed by atoms with van der Waals surface area (Å²) >= 11 is 0. The van der Waals surface area contributed by atoms with E-state index in [1.807, 2.05) is 26.0 Å². The molecular weight excluding hydrogens is 290 g/mol. The third-order valence-electron chi connectivity index (χ3n) is 3.98. The van der Waals surface area contributed by atoms with Gasteiger partial charge < -0.3 is 10.6 Å². The molecule has 0 aliphatic heterocycles. The van der Waals surface area contributed by atoms with Gasteiger partial charge in [0, 0.05) is 6.04 Å². The fraction of sp³-hybridized carbons (Fsp3) is 0.556. The maximum atomic E-state index is 12.3. The van der Waals surface area contributed by atoms with Crippen LogP contribution in [0.25, 0.3) is 0 Å². The summed E-state index contributed by atoms with van der Waals surface area (Å²) in [7, 11) is 1.79. The molecule has 0 fully saturated rings. The first-order valence-electron chi connectivity index (χ1n) is 8.30. The second-order valence-corrected chi connectivity index (χ2v) is 6.61. The van der Waals surface area contributed by atoms with Gasteiger partial charge in [-0.2, -0.15) is 0 Å². The molecule has 0 heterocycles. The van der Waals surface area contributed by atoms with Gasteiger partial charge in [-0.25, -0.2) is 0 Å². The maximum Gasteiger partial charge on any atom is 0.234 e. The molecule has 126 valence electrons. The van der Waals surface area contributed by atoms with Crippen LogP contribution in [-0.4, -0.2) is 42.9 Å². The highest BCUT2D eigenvalue weighted by atomic mass is 16.2. The highest BCUT2D eigenvalue weighted by molar-refractivity contribution is 5.81. The van der Waals surface area contributed by atoms with Crippen LogP contribution in [0, 0.1) is 0 Å². The molecule has 1 aliphatic carbocycles. The summed E-state index contributed by atoms with van der Waals surface area (Å²) in [5.41, 5.74) is 2.56. The molecule has 0 saturated heterocycles. The molecule has 0 bridgehead atoms. The van der Waals surface area contributed by atoms with Gasteiger partial charge in [-0.1, -0.05) is 24.3 Å². The minimum Gasteiger partial charge on any atom is -0.353 e. The molecule has 1 aromatic carbocycles. The molecule has 0 spiro atoms. The van der Waals surface area contributed by atoms with E-state index in [9.17, 15) is 9.59 Å². The number of hydrogen-bond acceptors (Lipinski definition) is 3. The SMILES string of the molecule is CC(C)NC(=O)CN(C)CC(=O)N[C@H]1CCCc2ccccc21. The molecule has 23 heavy (non-hydrogen) atoms. The number of carbonyl (C=O) groups is 2. The van der Waals surface area contributed by atoms with E-state index in [1.54, 1.807) is 11.9 Å². The lowest BCUT2D eigenvalue weighted by molar-refractivity contribution is -0.125. The van der Waals surface area contributed by atoms with E-state index in [4.69, 9.17) is 0 Å². The van der Waals surface area contributed by atoms with Crippen molar-refractivity contribution >= 4 is 11.8 Å². The standard InChI is InChI=1S/C18H27N3O2/c1-13(2)19-17(22)11-21(3)12-18(23)20-16-10-6-8-14-7-4-5-9-15(14)16/h4-5,7,9,13,16H,6,8,10-12H2,1-3H3,(H,19,22)(H,20,23)/t16-/m0/s1. The first kappa shape index (κ1) is 17.5. The highest BCUT2D eigenvalue weighted by Gasteiger charge is 2.22. The van der Waals surface area contributed by atoms with Crippen LogP contribution in [0.3, 0.4) is 0 Å². The predicted molar refractivity (Wildman–Crippen MR) is 91.0 cm³/mol. The molecule has 1 atom stereocenters. The largest absolute Gasteiger partial charge is 0.353 e. The van der Waals surface area contributed by atoms with Crippen molar-refractivity contribution in [1.29, 1.82) is 0 Å². The molecule has 0 radical (unpaired) electrons. The van der Waals surface area contributed by atoms with Crippen LogP contribution in [-0.2, 0) is 16.0 Å². The van der Waals surface area contributed by atoms with Crippen molar-refractivity contribution in [3.05, 3.63) is 35.4 Å². The summed E-state index contributed by atoms with van der Waals surface area (Å²) in [5, 5.41) is 5.94. The van der Waals surface area contributed by atoms with Crippen molar-refractivity contribution in [3.8, 4) is 0 Å². The van der Waals surface area contributed by atoms with Crippen LogP contribution in [0.4, 0.5) is 0 Å². The van der Waals surface area contributed by atoms with E-state index in [-0.39, 0.29) is 37.0 Å². The van der Waals surface area contributed by atoms with Gasteiger partial charge in [-0.3, -0.25) is 14.5 Å². The zero-order valence-electron chi connectivity index (χ0n) is 14.3. The number of aryl methyl sites for hydroxylation is 1. The van der Waals surface area contributed by atoms with Crippen molar-refractivity contribution in [2.24, 2.45) is 0 Å². The van der Waals surface area contributed by atoms with Crippen molar-refractivity contribution in [2.75, 3.05) is 20.1 Å². The maximum absolute atomic E-state index is 12.3. The summed E-state index contributed by atoms with van der Waals surface area (Å²) in [6, 6.07) is 8.50. The Balaban J connectivity index is 1.85. The molecule has 5 nitrogen and oxygen atoms in total. The number of benzene rings is 1. The van der Waals surface area contributed by atoms with Crippen LogP contribution >= 0.6 is 0 Å².